The highest BCUT2D eigenvalue weighted by Gasteiger charge is 2.30. The Kier molecular flexibility index (Phi) is 13.1. The van der Waals surface area contributed by atoms with Crippen LogP contribution in [-0.4, -0.2) is 52.6 Å². The average Bonchev–Trinajstić information content (AvgIpc) is 3.02. The second-order valence-corrected chi connectivity index (χ2v) is 10.6. The molecule has 1 saturated heterocycles. The topological polar surface area (TPSA) is 120 Å². The van der Waals surface area contributed by atoms with Crippen molar-refractivity contribution < 1.29 is 14.7 Å². The van der Waals surface area contributed by atoms with Crippen molar-refractivity contribution in [2.24, 2.45) is 0 Å². The van der Waals surface area contributed by atoms with E-state index in [1.165, 1.54) is 30.2 Å². The molecule has 1 aromatic heterocycles. The van der Waals surface area contributed by atoms with Crippen molar-refractivity contribution in [2.75, 3.05) is 18.8 Å². The number of hydrogen-bond acceptors (Lipinski definition) is 6. The first-order chi connectivity index (χ1) is 19.8. The van der Waals surface area contributed by atoms with E-state index in [-0.39, 0.29) is 5.91 Å². The van der Waals surface area contributed by atoms with Gasteiger partial charge in [-0.15, -0.1) is 0 Å². The minimum absolute atomic E-state index is 0.0108. The first-order valence-electron chi connectivity index (χ1n) is 14.9. The molecule has 0 unspecified atom stereocenters. The number of pyridine rings is 1. The predicted octanol–water partition coefficient (Wildman–Crippen LogP) is 7.00. The molecule has 7 heteroatoms. The summed E-state index contributed by atoms with van der Waals surface area (Å²) >= 11 is 0. The van der Waals surface area contributed by atoms with E-state index in [2.05, 4.69) is 13.8 Å². The third-order valence-electron chi connectivity index (χ3n) is 7.72. The Hall–Kier alpha value is -3.58. The zero-order chi connectivity index (χ0) is 30.6. The summed E-state index contributed by atoms with van der Waals surface area (Å²) in [6.07, 6.45) is 9.33. The second kappa shape index (κ2) is 16.0. The van der Waals surface area contributed by atoms with E-state index in [9.17, 15) is 9.90 Å². The maximum absolute atomic E-state index is 13.0. The number of benzene rings is 2. The van der Waals surface area contributed by atoms with Crippen LogP contribution in [0.5, 0.6) is 0 Å². The number of carbonyl (C=O) groups is 2. The van der Waals surface area contributed by atoms with Gasteiger partial charge in [-0.25, -0.2) is 4.98 Å². The Labute approximate surface area is 245 Å². The largest absolute Gasteiger partial charge is 0.398 e. The Morgan fingerprint density at radius 1 is 1.02 bits per heavy atom. The number of anilines is 1. The molecule has 0 radical (unpaired) electrons. The zero-order valence-electron chi connectivity index (χ0n) is 25.6. The van der Waals surface area contributed by atoms with Gasteiger partial charge in [0.25, 0.3) is 5.91 Å². The summed E-state index contributed by atoms with van der Waals surface area (Å²) in [5, 5.41) is 19.1. The Morgan fingerprint density at radius 3 is 2.12 bits per heavy atom. The highest BCUT2D eigenvalue weighted by atomic mass is 16.3. The first kappa shape index (κ1) is 33.6. The van der Waals surface area contributed by atoms with Crippen LogP contribution in [0.15, 0.2) is 36.4 Å². The fraction of sp³-hybridized carbons (Fsp3) is 0.471. The molecule has 222 valence electrons. The molecule has 5 rings (SSSR count). The van der Waals surface area contributed by atoms with Crippen molar-refractivity contribution in [1.82, 2.24) is 9.88 Å². The average molecular weight is 561 g/mol. The van der Waals surface area contributed by atoms with Gasteiger partial charge in [-0.05, 0) is 80.8 Å². The van der Waals surface area contributed by atoms with Gasteiger partial charge in [0.2, 0.25) is 0 Å². The fourth-order valence-electron chi connectivity index (χ4n) is 5.20. The molecular weight excluding hydrogens is 512 g/mol. The molecule has 7 nitrogen and oxygen atoms in total. The summed E-state index contributed by atoms with van der Waals surface area (Å²) in [6.45, 7) is 13.3. The van der Waals surface area contributed by atoms with Gasteiger partial charge in [-0.3, -0.25) is 4.79 Å². The predicted molar refractivity (Wildman–Crippen MR) is 171 cm³/mol. The van der Waals surface area contributed by atoms with E-state index in [4.69, 9.17) is 20.9 Å². The van der Waals surface area contributed by atoms with E-state index in [0.717, 1.165) is 53.4 Å². The summed E-state index contributed by atoms with van der Waals surface area (Å²) in [5.41, 5.74) is 12.8. The third kappa shape index (κ3) is 8.00. The number of aryl methyl sites for hydroxylation is 1. The van der Waals surface area contributed by atoms with Crippen molar-refractivity contribution in [3.8, 4) is 11.3 Å². The molecule has 2 aromatic carbocycles. The number of aromatic nitrogens is 1. The van der Waals surface area contributed by atoms with Crippen LogP contribution in [0, 0.1) is 5.41 Å². The van der Waals surface area contributed by atoms with E-state index >= 15 is 0 Å². The van der Waals surface area contributed by atoms with Gasteiger partial charge in [-0.1, -0.05) is 52.7 Å². The minimum Gasteiger partial charge on any atom is -0.398 e. The maximum atomic E-state index is 13.0. The second-order valence-electron chi connectivity index (χ2n) is 10.6. The number of rotatable bonds is 4. The van der Waals surface area contributed by atoms with Crippen LogP contribution in [0.2, 0.25) is 0 Å². The normalized spacial score (nSPS) is 15.1. The number of nitrogens with one attached hydrogen (secondary N) is 1. The van der Waals surface area contributed by atoms with E-state index in [0.29, 0.717) is 37.2 Å². The van der Waals surface area contributed by atoms with Crippen molar-refractivity contribution >= 4 is 35.5 Å². The zero-order valence-corrected chi connectivity index (χ0v) is 25.6. The molecular formula is C34H48N4O3. The molecule has 0 spiro atoms. The van der Waals surface area contributed by atoms with E-state index < -0.39 is 5.60 Å². The molecule has 4 N–H and O–H groups in total. The molecule has 1 amide bonds. The van der Waals surface area contributed by atoms with Crippen LogP contribution >= 0.6 is 0 Å². The van der Waals surface area contributed by atoms with Crippen LogP contribution < -0.4 is 5.73 Å². The van der Waals surface area contributed by atoms with Crippen molar-refractivity contribution in [3.63, 3.8) is 0 Å². The van der Waals surface area contributed by atoms with Gasteiger partial charge in [-0.2, -0.15) is 0 Å². The first-order valence-corrected chi connectivity index (χ1v) is 14.9. The van der Waals surface area contributed by atoms with E-state index in [1.54, 1.807) is 0 Å². The molecule has 1 aliphatic heterocycles. The van der Waals surface area contributed by atoms with Crippen molar-refractivity contribution in [2.45, 2.75) is 91.6 Å². The monoisotopic (exact) mass is 560 g/mol. The van der Waals surface area contributed by atoms with Gasteiger partial charge in [0.15, 0.2) is 0 Å². The van der Waals surface area contributed by atoms with Gasteiger partial charge in [0.1, 0.15) is 6.79 Å². The molecule has 1 fully saturated rings. The molecule has 0 saturated carbocycles. The van der Waals surface area contributed by atoms with Gasteiger partial charge >= 0.3 is 0 Å². The number of hydrogen-bond donors (Lipinski definition) is 3. The third-order valence-corrected chi connectivity index (χ3v) is 7.72. The number of carbonyl (C=O) groups excluding carboxylic acids is 2. The lowest BCUT2D eigenvalue weighted by Gasteiger charge is -2.35. The summed E-state index contributed by atoms with van der Waals surface area (Å²) in [5.74, 6) is 0.0108. The molecule has 0 atom stereocenters. The number of nitrogen functional groups attached to an aromatic ring is 1. The highest BCUT2D eigenvalue weighted by Crippen LogP contribution is 2.37. The summed E-state index contributed by atoms with van der Waals surface area (Å²) in [6, 6.07) is 11.5. The standard InChI is InChI=1S/C27H30N4O2.C4H10.C2H6.CH2O/c1-27(33)12-14-31(15-13-27)26(32)18-8-6-17(7-9-18)25-20-5-3-2-4-19(20)24-21(16-28)22(29)10-11-23(24)30-25;1-3-4-2;2*1-2/h6-11,16,28,33H,2-5,12-15,29H2,1H3;3-4H2,1-2H3;1-2H3;1H2. The van der Waals surface area contributed by atoms with Crippen molar-refractivity contribution in [3.05, 3.63) is 58.7 Å². The number of nitrogens with zero attached hydrogens (tertiary/aromatic N) is 2. The highest BCUT2D eigenvalue weighted by molar-refractivity contribution is 6.05. The van der Waals surface area contributed by atoms with Gasteiger partial charge < -0.3 is 25.9 Å². The number of unbranched alkanes of at least 4 members (excludes halogenated alkanes) is 1. The Balaban J connectivity index is 0.000000666. The van der Waals surface area contributed by atoms with Crippen LogP contribution in [-0.2, 0) is 17.6 Å². The molecule has 3 aromatic rings. The van der Waals surface area contributed by atoms with E-state index in [1.807, 2.05) is 68.9 Å². The summed E-state index contributed by atoms with van der Waals surface area (Å²) in [7, 11) is 0. The number of amides is 1. The number of aliphatic hydroxyl groups is 1. The molecule has 2 aliphatic rings. The number of nitrogens with two attached hydrogens (primary N) is 1. The lowest BCUT2D eigenvalue weighted by Crippen LogP contribution is -2.45. The number of likely N-dealkylation sites (tertiary alicyclic amines) is 1. The fourth-order valence-corrected chi connectivity index (χ4v) is 5.20. The maximum Gasteiger partial charge on any atom is 0.253 e. The smallest absolute Gasteiger partial charge is 0.253 e. The lowest BCUT2D eigenvalue weighted by molar-refractivity contribution is -0.0980. The summed E-state index contributed by atoms with van der Waals surface area (Å²) in [4.78, 5) is 27.8. The molecule has 1 aliphatic carbocycles. The molecule has 2 heterocycles. The number of fused-ring (bicyclic) bond motifs is 3. The number of piperidine rings is 1. The van der Waals surface area contributed by atoms with Crippen molar-refractivity contribution in [1.29, 1.82) is 5.41 Å². The quantitative estimate of drug-likeness (QED) is 0.234. The van der Waals surface area contributed by atoms with Gasteiger partial charge in [0, 0.05) is 47.1 Å². The van der Waals surface area contributed by atoms with Gasteiger partial charge in [0.05, 0.1) is 16.8 Å². The Morgan fingerprint density at radius 2 is 1.59 bits per heavy atom. The SMILES string of the molecule is C=O.CC.CC1(O)CCN(C(=O)c2ccc(-c3nc4ccc(N)c(C=N)c4c4c3CCCC4)cc2)CC1.CCCC. The van der Waals surface area contributed by atoms with Crippen LogP contribution in [0.1, 0.15) is 100 Å². The molecule has 0 bridgehead atoms. The van der Waals surface area contributed by atoms with Crippen LogP contribution in [0.3, 0.4) is 0 Å². The lowest BCUT2D eigenvalue weighted by atomic mass is 9.84. The van der Waals surface area contributed by atoms with Crippen LogP contribution in [0.25, 0.3) is 22.2 Å². The van der Waals surface area contributed by atoms with Crippen LogP contribution in [0.4, 0.5) is 5.69 Å². The molecule has 41 heavy (non-hydrogen) atoms. The summed E-state index contributed by atoms with van der Waals surface area (Å²) < 4.78 is 0. The minimum atomic E-state index is -0.677. The Bertz CT molecular complexity index is 1290.